The van der Waals surface area contributed by atoms with Gasteiger partial charge in [-0.05, 0) is 56.1 Å². The van der Waals surface area contributed by atoms with E-state index in [2.05, 4.69) is 40.3 Å². The number of aromatic nitrogens is 6. The zero-order chi connectivity index (χ0) is 23.2. The summed E-state index contributed by atoms with van der Waals surface area (Å²) in [6.45, 7) is 4.29. The highest BCUT2D eigenvalue weighted by atomic mass is 16.5. The van der Waals surface area contributed by atoms with Gasteiger partial charge in [0.05, 0.1) is 24.2 Å². The fourth-order valence-corrected chi connectivity index (χ4v) is 4.08. The lowest BCUT2D eigenvalue weighted by molar-refractivity contribution is 0.315. The Kier molecular flexibility index (Phi) is 6.76. The van der Waals surface area contributed by atoms with Gasteiger partial charge < -0.3 is 15.0 Å². The Labute approximate surface area is 196 Å². The van der Waals surface area contributed by atoms with Gasteiger partial charge in [0, 0.05) is 31.4 Å². The molecule has 1 aromatic carbocycles. The smallest absolute Gasteiger partial charge is 0.274 e. The van der Waals surface area contributed by atoms with Gasteiger partial charge in [0.15, 0.2) is 0 Å². The molecule has 0 unspecified atom stereocenters. The first-order valence-electron chi connectivity index (χ1n) is 11.7. The third-order valence-corrected chi connectivity index (χ3v) is 5.82. The van der Waals surface area contributed by atoms with Gasteiger partial charge in [-0.1, -0.05) is 6.07 Å². The summed E-state index contributed by atoms with van der Waals surface area (Å²) < 4.78 is 5.89. The van der Waals surface area contributed by atoms with Crippen molar-refractivity contribution in [2.45, 2.75) is 32.2 Å². The van der Waals surface area contributed by atoms with Crippen molar-refractivity contribution < 1.29 is 4.74 Å². The zero-order valence-electron chi connectivity index (χ0n) is 19.0. The number of nitrogens with zero attached hydrogens (tertiary/aromatic N) is 5. The molecule has 0 atom stereocenters. The van der Waals surface area contributed by atoms with Crippen molar-refractivity contribution in [3.05, 3.63) is 70.2 Å². The summed E-state index contributed by atoms with van der Waals surface area (Å²) in [6.07, 6.45) is 7.08. The van der Waals surface area contributed by atoms with Crippen molar-refractivity contribution in [3.8, 4) is 5.75 Å². The van der Waals surface area contributed by atoms with Crippen LogP contribution in [-0.2, 0) is 13.0 Å². The van der Waals surface area contributed by atoms with Crippen LogP contribution in [-0.4, -0.2) is 61.3 Å². The summed E-state index contributed by atoms with van der Waals surface area (Å²) in [5.74, 6) is 2.15. The van der Waals surface area contributed by atoms with E-state index < -0.39 is 0 Å². The topological polar surface area (TPSA) is 125 Å². The average molecular weight is 461 g/mol. The molecule has 34 heavy (non-hydrogen) atoms. The lowest BCUT2D eigenvalue weighted by atomic mass is 10.2. The maximum Gasteiger partial charge on any atom is 0.274 e. The van der Waals surface area contributed by atoms with Gasteiger partial charge in [0.25, 0.3) is 5.56 Å². The van der Waals surface area contributed by atoms with Crippen LogP contribution < -0.4 is 15.6 Å². The predicted molar refractivity (Wildman–Crippen MR) is 129 cm³/mol. The second kappa shape index (κ2) is 10.4. The lowest BCUT2D eigenvalue weighted by Gasteiger charge is -2.11. The molecule has 10 nitrogen and oxygen atoms in total. The Morgan fingerprint density at radius 3 is 2.85 bits per heavy atom. The number of anilines is 1. The summed E-state index contributed by atoms with van der Waals surface area (Å²) >= 11 is 0. The second-order valence-corrected chi connectivity index (χ2v) is 8.46. The molecule has 5 rings (SSSR count). The van der Waals surface area contributed by atoms with Crippen LogP contribution in [0.2, 0.25) is 0 Å². The Hall–Kier alpha value is -3.79. The van der Waals surface area contributed by atoms with E-state index in [1.54, 1.807) is 12.4 Å². The molecule has 0 spiro atoms. The number of aromatic amines is 2. The molecular weight excluding hydrogens is 432 g/mol. The molecule has 0 radical (unpaired) electrons. The molecular formula is C24H28N8O2. The highest BCUT2D eigenvalue weighted by Gasteiger charge is 2.14. The van der Waals surface area contributed by atoms with Gasteiger partial charge >= 0.3 is 0 Å². The number of imidazole rings is 1. The summed E-state index contributed by atoms with van der Waals surface area (Å²) in [4.78, 5) is 29.6. The third-order valence-electron chi connectivity index (χ3n) is 5.82. The van der Waals surface area contributed by atoms with Gasteiger partial charge in [-0.25, -0.2) is 4.98 Å². The Balaban J connectivity index is 1.07. The first-order valence-corrected chi connectivity index (χ1v) is 11.7. The number of rotatable bonds is 10. The van der Waals surface area contributed by atoms with E-state index in [0.29, 0.717) is 31.2 Å². The molecule has 4 heterocycles. The number of hydrogen-bond acceptors (Lipinski definition) is 8. The summed E-state index contributed by atoms with van der Waals surface area (Å²) in [5, 5.41) is 11.2. The molecule has 3 N–H and O–H groups in total. The Morgan fingerprint density at radius 1 is 1.12 bits per heavy atom. The van der Waals surface area contributed by atoms with Crippen LogP contribution in [0.3, 0.4) is 0 Å². The lowest BCUT2D eigenvalue weighted by Crippen LogP contribution is -2.20. The quantitative estimate of drug-likeness (QED) is 0.308. The zero-order valence-corrected chi connectivity index (χ0v) is 19.0. The molecule has 0 saturated carbocycles. The van der Waals surface area contributed by atoms with Gasteiger partial charge in [-0.2, -0.15) is 0 Å². The third kappa shape index (κ3) is 5.57. The molecule has 4 aromatic rings. The summed E-state index contributed by atoms with van der Waals surface area (Å²) in [7, 11) is 0. The average Bonchev–Trinajstić information content (AvgIpc) is 3.50. The molecule has 10 heteroatoms. The summed E-state index contributed by atoms with van der Waals surface area (Å²) in [5.41, 5.74) is 2.97. The minimum Gasteiger partial charge on any atom is -0.493 e. The second-order valence-electron chi connectivity index (χ2n) is 8.46. The summed E-state index contributed by atoms with van der Waals surface area (Å²) in [6, 6.07) is 9.65. The van der Waals surface area contributed by atoms with Gasteiger partial charge in [0.1, 0.15) is 17.3 Å². The first-order chi connectivity index (χ1) is 16.7. The number of hydrogen-bond donors (Lipinski definition) is 3. The molecule has 1 fully saturated rings. The van der Waals surface area contributed by atoms with Crippen LogP contribution >= 0.6 is 0 Å². The van der Waals surface area contributed by atoms with Crippen LogP contribution in [0.4, 0.5) is 5.95 Å². The van der Waals surface area contributed by atoms with Gasteiger partial charge in [-0.15, -0.1) is 10.2 Å². The van der Waals surface area contributed by atoms with Gasteiger partial charge in [0.2, 0.25) is 5.95 Å². The van der Waals surface area contributed by atoms with E-state index in [0.717, 1.165) is 54.2 Å². The monoisotopic (exact) mass is 460 g/mol. The van der Waals surface area contributed by atoms with Crippen molar-refractivity contribution in [2.24, 2.45) is 0 Å². The normalized spacial score (nSPS) is 14.0. The van der Waals surface area contributed by atoms with E-state index in [-0.39, 0.29) is 5.56 Å². The van der Waals surface area contributed by atoms with E-state index in [9.17, 15) is 4.79 Å². The minimum absolute atomic E-state index is 0.255. The molecule has 1 aliphatic rings. The van der Waals surface area contributed by atoms with Crippen LogP contribution in [0.5, 0.6) is 5.75 Å². The Bertz CT molecular complexity index is 1280. The van der Waals surface area contributed by atoms with Crippen LogP contribution in [0, 0.1) is 0 Å². The van der Waals surface area contributed by atoms with Gasteiger partial charge in [-0.3, -0.25) is 19.7 Å². The van der Waals surface area contributed by atoms with Crippen LogP contribution in [0.15, 0.2) is 47.5 Å². The minimum atomic E-state index is -0.255. The van der Waals surface area contributed by atoms with Crippen LogP contribution in [0.25, 0.3) is 11.0 Å². The van der Waals surface area contributed by atoms with Crippen molar-refractivity contribution in [1.29, 1.82) is 0 Å². The first kappa shape index (κ1) is 22.0. The largest absolute Gasteiger partial charge is 0.493 e. The van der Waals surface area contributed by atoms with Crippen molar-refractivity contribution in [1.82, 2.24) is 35.0 Å². The van der Waals surface area contributed by atoms with Crippen molar-refractivity contribution in [3.63, 3.8) is 0 Å². The number of fused-ring (bicyclic) bond motifs is 1. The van der Waals surface area contributed by atoms with E-state index in [4.69, 9.17) is 4.74 Å². The van der Waals surface area contributed by atoms with E-state index in [1.807, 2.05) is 30.3 Å². The molecule has 0 bridgehead atoms. The van der Waals surface area contributed by atoms with E-state index in [1.165, 1.54) is 12.8 Å². The molecule has 176 valence electrons. The molecule has 3 aromatic heterocycles. The standard InChI is InChI=1S/C24H28N8O2/c33-23-21(13-17-5-3-8-25-15-17)30-31-24(29-23)26-9-4-12-34-18-6-7-19-20(14-18)28-22(27-19)16-32-10-1-2-11-32/h3,5-8,14-15H,1-2,4,9-13,16H2,(H,27,28)(H2,26,29,31,33). The highest BCUT2D eigenvalue weighted by Crippen LogP contribution is 2.20. The fraction of sp³-hybridized carbons (Fsp3) is 0.375. The molecule has 1 saturated heterocycles. The van der Waals surface area contributed by atoms with Crippen LogP contribution in [0.1, 0.15) is 36.3 Å². The molecule has 0 aliphatic carbocycles. The maximum absolute atomic E-state index is 12.3. The predicted octanol–water partition coefficient (Wildman–Crippen LogP) is 2.50. The maximum atomic E-state index is 12.3. The number of likely N-dealkylation sites (tertiary alicyclic amines) is 1. The number of ether oxygens (including phenoxy) is 1. The number of H-pyrrole nitrogens is 2. The number of benzene rings is 1. The SMILES string of the molecule is O=c1[nH]c(NCCCOc2ccc3nc(CN4CCCC4)[nH]c3c2)nnc1Cc1cccnc1. The molecule has 1 aliphatic heterocycles. The van der Waals surface area contributed by atoms with Crippen molar-refractivity contribution in [2.75, 3.05) is 31.6 Å². The highest BCUT2D eigenvalue weighted by molar-refractivity contribution is 5.76. The van der Waals surface area contributed by atoms with Crippen molar-refractivity contribution >= 4 is 17.0 Å². The molecule has 0 amide bonds. The Morgan fingerprint density at radius 2 is 2.03 bits per heavy atom. The fourth-order valence-electron chi connectivity index (χ4n) is 4.08. The number of pyridine rings is 1. The number of nitrogens with one attached hydrogen (secondary N) is 3. The van der Waals surface area contributed by atoms with E-state index >= 15 is 0 Å².